The largest absolute Gasteiger partial charge is 0.0651 e. The third-order valence-corrected chi connectivity index (χ3v) is 4.01. The SMILES string of the molecule is CCC(C)C1(C(C)CC)CC1. The molecule has 0 bridgehead atoms. The monoisotopic (exact) mass is 154 g/mol. The van der Waals surface area contributed by atoms with Crippen LogP contribution in [0.3, 0.4) is 0 Å². The zero-order valence-corrected chi connectivity index (χ0v) is 8.48. The van der Waals surface area contributed by atoms with Gasteiger partial charge in [0.1, 0.15) is 0 Å². The quantitative estimate of drug-likeness (QED) is 0.577. The fourth-order valence-electron chi connectivity index (χ4n) is 2.43. The van der Waals surface area contributed by atoms with E-state index in [-0.39, 0.29) is 0 Å². The predicted octanol–water partition coefficient (Wildman–Crippen LogP) is 3.86. The van der Waals surface area contributed by atoms with E-state index in [1.165, 1.54) is 25.7 Å². The Morgan fingerprint density at radius 3 is 1.55 bits per heavy atom. The first-order valence-electron chi connectivity index (χ1n) is 5.17. The van der Waals surface area contributed by atoms with Gasteiger partial charge in [0, 0.05) is 0 Å². The van der Waals surface area contributed by atoms with E-state index in [0.717, 1.165) is 17.3 Å². The summed E-state index contributed by atoms with van der Waals surface area (Å²) in [5.74, 6) is 1.91. The molecule has 0 spiro atoms. The molecule has 2 atom stereocenters. The van der Waals surface area contributed by atoms with Crippen LogP contribution in [0, 0.1) is 17.3 Å². The molecule has 1 aliphatic rings. The molecule has 0 aromatic carbocycles. The Balaban J connectivity index is 2.52. The fraction of sp³-hybridized carbons (Fsp3) is 1.00. The van der Waals surface area contributed by atoms with Gasteiger partial charge >= 0.3 is 0 Å². The highest BCUT2D eigenvalue weighted by Gasteiger charge is 2.49. The van der Waals surface area contributed by atoms with Crippen molar-refractivity contribution in [1.29, 1.82) is 0 Å². The Labute approximate surface area is 71.4 Å². The average molecular weight is 154 g/mol. The van der Waals surface area contributed by atoms with Gasteiger partial charge in [-0.1, -0.05) is 40.5 Å². The highest BCUT2D eigenvalue weighted by molar-refractivity contribution is 4.99. The molecule has 0 nitrogen and oxygen atoms in total. The van der Waals surface area contributed by atoms with Crippen LogP contribution in [-0.2, 0) is 0 Å². The van der Waals surface area contributed by atoms with Gasteiger partial charge in [-0.05, 0) is 30.1 Å². The third-order valence-electron chi connectivity index (χ3n) is 4.01. The lowest BCUT2D eigenvalue weighted by atomic mass is 9.77. The van der Waals surface area contributed by atoms with Gasteiger partial charge in [0.2, 0.25) is 0 Å². The van der Waals surface area contributed by atoms with Crippen LogP contribution in [0.5, 0.6) is 0 Å². The van der Waals surface area contributed by atoms with Gasteiger partial charge in [-0.3, -0.25) is 0 Å². The topological polar surface area (TPSA) is 0 Å². The van der Waals surface area contributed by atoms with E-state index in [1.54, 1.807) is 0 Å². The molecule has 0 saturated heterocycles. The molecule has 0 aromatic rings. The van der Waals surface area contributed by atoms with Gasteiger partial charge in [0.15, 0.2) is 0 Å². The molecular formula is C11H22. The van der Waals surface area contributed by atoms with Crippen molar-refractivity contribution in [3.05, 3.63) is 0 Å². The van der Waals surface area contributed by atoms with Gasteiger partial charge < -0.3 is 0 Å². The summed E-state index contributed by atoms with van der Waals surface area (Å²) in [5.41, 5.74) is 0.767. The Kier molecular flexibility index (Phi) is 2.61. The minimum Gasteiger partial charge on any atom is -0.0651 e. The first-order chi connectivity index (χ1) is 5.17. The molecule has 1 aliphatic carbocycles. The first-order valence-corrected chi connectivity index (χ1v) is 5.17. The van der Waals surface area contributed by atoms with E-state index in [2.05, 4.69) is 27.7 Å². The molecule has 1 fully saturated rings. The Hall–Kier alpha value is 0. The molecule has 1 saturated carbocycles. The van der Waals surface area contributed by atoms with Crippen molar-refractivity contribution >= 4 is 0 Å². The summed E-state index contributed by atoms with van der Waals surface area (Å²) in [4.78, 5) is 0. The lowest BCUT2D eigenvalue weighted by molar-refractivity contribution is 0.216. The Morgan fingerprint density at radius 2 is 1.36 bits per heavy atom. The lowest BCUT2D eigenvalue weighted by Crippen LogP contribution is -2.20. The summed E-state index contributed by atoms with van der Waals surface area (Å²) >= 11 is 0. The lowest BCUT2D eigenvalue weighted by Gasteiger charge is -2.28. The van der Waals surface area contributed by atoms with Crippen molar-refractivity contribution in [2.45, 2.75) is 53.4 Å². The molecule has 2 unspecified atom stereocenters. The second-order valence-electron chi connectivity index (χ2n) is 4.35. The van der Waals surface area contributed by atoms with Crippen molar-refractivity contribution < 1.29 is 0 Å². The van der Waals surface area contributed by atoms with E-state index < -0.39 is 0 Å². The summed E-state index contributed by atoms with van der Waals surface area (Å²) in [6, 6.07) is 0. The highest BCUT2D eigenvalue weighted by Crippen LogP contribution is 2.59. The normalized spacial score (nSPS) is 26.2. The summed E-state index contributed by atoms with van der Waals surface area (Å²) < 4.78 is 0. The van der Waals surface area contributed by atoms with Crippen molar-refractivity contribution in [2.75, 3.05) is 0 Å². The zero-order chi connectivity index (χ0) is 8.48. The van der Waals surface area contributed by atoms with Crippen molar-refractivity contribution in [2.24, 2.45) is 17.3 Å². The van der Waals surface area contributed by atoms with Crippen molar-refractivity contribution in [1.82, 2.24) is 0 Å². The molecule has 0 aliphatic heterocycles. The molecule has 1 rings (SSSR count). The number of hydrogen-bond donors (Lipinski definition) is 0. The van der Waals surface area contributed by atoms with E-state index >= 15 is 0 Å². The van der Waals surface area contributed by atoms with Gasteiger partial charge in [-0.25, -0.2) is 0 Å². The maximum absolute atomic E-state index is 2.43. The van der Waals surface area contributed by atoms with E-state index in [1.807, 2.05) is 0 Å². The van der Waals surface area contributed by atoms with Gasteiger partial charge in [0.25, 0.3) is 0 Å². The molecule has 66 valence electrons. The standard InChI is InChI=1S/C11H22/c1-5-9(3)11(7-8-11)10(4)6-2/h9-10H,5-8H2,1-4H3. The zero-order valence-electron chi connectivity index (χ0n) is 8.48. The van der Waals surface area contributed by atoms with Crippen LogP contribution >= 0.6 is 0 Å². The van der Waals surface area contributed by atoms with E-state index in [0.29, 0.717) is 0 Å². The predicted molar refractivity (Wildman–Crippen MR) is 50.6 cm³/mol. The molecule has 0 heterocycles. The average Bonchev–Trinajstić information content (AvgIpc) is 2.82. The third kappa shape index (κ3) is 1.45. The van der Waals surface area contributed by atoms with Crippen LogP contribution < -0.4 is 0 Å². The van der Waals surface area contributed by atoms with Crippen molar-refractivity contribution in [3.8, 4) is 0 Å². The molecule has 11 heavy (non-hydrogen) atoms. The van der Waals surface area contributed by atoms with Gasteiger partial charge in [-0.15, -0.1) is 0 Å². The molecule has 0 amide bonds. The molecule has 0 radical (unpaired) electrons. The van der Waals surface area contributed by atoms with Crippen LogP contribution in [0.25, 0.3) is 0 Å². The number of hydrogen-bond acceptors (Lipinski definition) is 0. The molecule has 0 heteroatoms. The van der Waals surface area contributed by atoms with Gasteiger partial charge in [-0.2, -0.15) is 0 Å². The smallest absolute Gasteiger partial charge is 0.0246 e. The first kappa shape index (κ1) is 9.09. The fourth-order valence-corrected chi connectivity index (χ4v) is 2.43. The summed E-state index contributed by atoms with van der Waals surface area (Å²) in [6.45, 7) is 9.51. The van der Waals surface area contributed by atoms with Crippen LogP contribution in [0.1, 0.15) is 53.4 Å². The molecular weight excluding hydrogens is 132 g/mol. The minimum absolute atomic E-state index is 0.767. The van der Waals surface area contributed by atoms with E-state index in [4.69, 9.17) is 0 Å². The Morgan fingerprint density at radius 1 is 1.00 bits per heavy atom. The molecule has 0 N–H and O–H groups in total. The van der Waals surface area contributed by atoms with Crippen LogP contribution in [0.15, 0.2) is 0 Å². The molecule has 0 aromatic heterocycles. The summed E-state index contributed by atoms with van der Waals surface area (Å²) in [7, 11) is 0. The highest BCUT2D eigenvalue weighted by atomic mass is 14.5. The number of rotatable bonds is 4. The van der Waals surface area contributed by atoms with Gasteiger partial charge in [0.05, 0.1) is 0 Å². The van der Waals surface area contributed by atoms with Crippen LogP contribution in [-0.4, -0.2) is 0 Å². The van der Waals surface area contributed by atoms with E-state index in [9.17, 15) is 0 Å². The maximum Gasteiger partial charge on any atom is -0.0246 e. The van der Waals surface area contributed by atoms with Crippen LogP contribution in [0.2, 0.25) is 0 Å². The summed E-state index contributed by atoms with van der Waals surface area (Å²) in [6.07, 6.45) is 5.72. The second kappa shape index (κ2) is 3.16. The maximum atomic E-state index is 2.43. The Bertz CT molecular complexity index is 110. The van der Waals surface area contributed by atoms with Crippen molar-refractivity contribution in [3.63, 3.8) is 0 Å². The van der Waals surface area contributed by atoms with Crippen LogP contribution in [0.4, 0.5) is 0 Å². The second-order valence-corrected chi connectivity index (χ2v) is 4.35. The summed E-state index contributed by atoms with van der Waals surface area (Å²) in [5, 5.41) is 0. The minimum atomic E-state index is 0.767.